The van der Waals surface area contributed by atoms with Crippen LogP contribution in [0.3, 0.4) is 0 Å². The van der Waals surface area contributed by atoms with Crippen molar-refractivity contribution in [1.82, 2.24) is 10.3 Å². The van der Waals surface area contributed by atoms with Crippen LogP contribution in [0, 0.1) is 6.92 Å². The molecule has 0 saturated carbocycles. The molecule has 0 spiro atoms. The van der Waals surface area contributed by atoms with E-state index in [1.807, 2.05) is 79.7 Å². The third-order valence-electron chi connectivity index (χ3n) is 4.99. The summed E-state index contributed by atoms with van der Waals surface area (Å²) in [6.45, 7) is 2.44. The van der Waals surface area contributed by atoms with Crippen LogP contribution in [0.1, 0.15) is 32.0 Å². The zero-order valence-corrected chi connectivity index (χ0v) is 16.7. The van der Waals surface area contributed by atoms with Gasteiger partial charge in [-0.1, -0.05) is 66.2 Å². The number of para-hydroxylation sites is 1. The smallest absolute Gasteiger partial charge is 0.269 e. The van der Waals surface area contributed by atoms with Gasteiger partial charge in [0.15, 0.2) is 0 Å². The number of amides is 2. The quantitative estimate of drug-likeness (QED) is 0.441. The number of rotatable bonds is 6. The van der Waals surface area contributed by atoms with Gasteiger partial charge >= 0.3 is 0 Å². The van der Waals surface area contributed by atoms with Crippen LogP contribution in [0.25, 0.3) is 10.9 Å². The molecule has 0 saturated heterocycles. The van der Waals surface area contributed by atoms with Crippen molar-refractivity contribution in [2.24, 2.45) is 0 Å². The lowest BCUT2D eigenvalue weighted by Gasteiger charge is -2.09. The molecule has 30 heavy (non-hydrogen) atoms. The summed E-state index contributed by atoms with van der Waals surface area (Å²) in [4.78, 5) is 28.9. The SMILES string of the molecule is Cc1cccc(C(=O)Nc2c(C(=O)NCCc3ccccc3)[nH]c3ccccc23)c1. The Bertz CT molecular complexity index is 1200. The van der Waals surface area contributed by atoms with E-state index in [1.165, 1.54) is 0 Å². The molecule has 1 heterocycles. The molecule has 1 aromatic heterocycles. The van der Waals surface area contributed by atoms with Gasteiger partial charge in [0.1, 0.15) is 5.69 Å². The zero-order valence-electron chi connectivity index (χ0n) is 16.7. The molecule has 3 N–H and O–H groups in total. The van der Waals surface area contributed by atoms with Gasteiger partial charge in [0, 0.05) is 23.0 Å². The average molecular weight is 397 g/mol. The monoisotopic (exact) mass is 397 g/mol. The molecule has 0 atom stereocenters. The summed E-state index contributed by atoms with van der Waals surface area (Å²) in [6, 6.07) is 24.9. The van der Waals surface area contributed by atoms with Crippen molar-refractivity contribution in [1.29, 1.82) is 0 Å². The molecule has 0 aliphatic rings. The molecule has 5 nitrogen and oxygen atoms in total. The first-order chi connectivity index (χ1) is 14.6. The minimum absolute atomic E-state index is 0.248. The Morgan fingerprint density at radius 1 is 0.867 bits per heavy atom. The first-order valence-electron chi connectivity index (χ1n) is 9.92. The van der Waals surface area contributed by atoms with E-state index in [2.05, 4.69) is 15.6 Å². The maximum atomic E-state index is 12.9. The summed E-state index contributed by atoms with van der Waals surface area (Å²) in [5.41, 5.74) is 4.35. The Hall–Kier alpha value is -3.86. The highest BCUT2D eigenvalue weighted by Gasteiger charge is 2.20. The summed E-state index contributed by atoms with van der Waals surface area (Å²) in [5.74, 6) is -0.497. The molecule has 4 rings (SSSR count). The van der Waals surface area contributed by atoms with Crippen LogP contribution in [0.5, 0.6) is 0 Å². The maximum Gasteiger partial charge on any atom is 0.269 e. The average Bonchev–Trinajstić information content (AvgIpc) is 3.13. The fraction of sp³-hybridized carbons (Fsp3) is 0.120. The van der Waals surface area contributed by atoms with Crippen molar-refractivity contribution in [3.63, 3.8) is 0 Å². The number of nitrogens with one attached hydrogen (secondary N) is 3. The molecule has 0 bridgehead atoms. The lowest BCUT2D eigenvalue weighted by atomic mass is 10.1. The van der Waals surface area contributed by atoms with Crippen LogP contribution in [-0.2, 0) is 6.42 Å². The van der Waals surface area contributed by atoms with Crippen LogP contribution in [-0.4, -0.2) is 23.3 Å². The van der Waals surface area contributed by atoms with Gasteiger partial charge in [0.25, 0.3) is 11.8 Å². The minimum atomic E-state index is -0.248. The number of H-pyrrole nitrogens is 1. The van der Waals surface area contributed by atoms with Crippen molar-refractivity contribution >= 4 is 28.4 Å². The highest BCUT2D eigenvalue weighted by molar-refractivity contribution is 6.15. The number of aryl methyl sites for hydroxylation is 1. The molecule has 0 fully saturated rings. The predicted molar refractivity (Wildman–Crippen MR) is 120 cm³/mol. The normalized spacial score (nSPS) is 10.7. The van der Waals surface area contributed by atoms with Crippen molar-refractivity contribution in [2.45, 2.75) is 13.3 Å². The predicted octanol–water partition coefficient (Wildman–Crippen LogP) is 4.70. The summed E-state index contributed by atoms with van der Waals surface area (Å²) in [5, 5.41) is 6.68. The minimum Gasteiger partial charge on any atom is -0.350 e. The lowest BCUT2D eigenvalue weighted by Crippen LogP contribution is -2.27. The largest absolute Gasteiger partial charge is 0.350 e. The van der Waals surface area contributed by atoms with Gasteiger partial charge in [0.2, 0.25) is 0 Å². The number of benzene rings is 3. The third kappa shape index (κ3) is 4.25. The van der Waals surface area contributed by atoms with Crippen LogP contribution >= 0.6 is 0 Å². The number of aromatic nitrogens is 1. The Labute approximate surface area is 175 Å². The van der Waals surface area contributed by atoms with Crippen LogP contribution in [0.2, 0.25) is 0 Å². The molecular weight excluding hydrogens is 374 g/mol. The van der Waals surface area contributed by atoms with E-state index < -0.39 is 0 Å². The number of hydrogen-bond donors (Lipinski definition) is 3. The Morgan fingerprint density at radius 2 is 1.63 bits per heavy atom. The van der Waals surface area contributed by atoms with Crippen molar-refractivity contribution < 1.29 is 9.59 Å². The summed E-state index contributed by atoms with van der Waals surface area (Å²) in [7, 11) is 0. The van der Waals surface area contributed by atoms with E-state index in [4.69, 9.17) is 0 Å². The van der Waals surface area contributed by atoms with E-state index in [0.29, 0.717) is 23.5 Å². The van der Waals surface area contributed by atoms with Crippen molar-refractivity contribution in [2.75, 3.05) is 11.9 Å². The second kappa shape index (κ2) is 8.66. The van der Waals surface area contributed by atoms with E-state index >= 15 is 0 Å². The third-order valence-corrected chi connectivity index (χ3v) is 4.99. The van der Waals surface area contributed by atoms with Gasteiger partial charge in [-0.05, 0) is 37.1 Å². The maximum absolute atomic E-state index is 12.9. The van der Waals surface area contributed by atoms with Crippen LogP contribution < -0.4 is 10.6 Å². The molecule has 3 aromatic carbocycles. The van der Waals surface area contributed by atoms with Crippen LogP contribution in [0.4, 0.5) is 5.69 Å². The Morgan fingerprint density at radius 3 is 2.43 bits per heavy atom. The van der Waals surface area contributed by atoms with E-state index in [9.17, 15) is 9.59 Å². The van der Waals surface area contributed by atoms with Gasteiger partial charge in [-0.3, -0.25) is 9.59 Å². The zero-order chi connectivity index (χ0) is 20.9. The molecule has 150 valence electrons. The number of carbonyl (C=O) groups is 2. The number of fused-ring (bicyclic) bond motifs is 1. The van der Waals surface area contributed by atoms with E-state index in [1.54, 1.807) is 6.07 Å². The molecule has 0 radical (unpaired) electrons. The molecule has 0 aliphatic carbocycles. The van der Waals surface area contributed by atoms with E-state index in [-0.39, 0.29) is 11.8 Å². The molecule has 0 aliphatic heterocycles. The number of anilines is 1. The standard InChI is InChI=1S/C25H23N3O2/c1-17-8-7-11-19(16-17)24(29)28-22-20-12-5-6-13-21(20)27-23(22)25(30)26-15-14-18-9-3-2-4-10-18/h2-13,16,27H,14-15H2,1H3,(H,26,30)(H,28,29). The van der Waals surface area contributed by atoms with Gasteiger partial charge < -0.3 is 15.6 Å². The molecule has 2 amide bonds. The first-order valence-corrected chi connectivity index (χ1v) is 9.92. The highest BCUT2D eigenvalue weighted by atomic mass is 16.2. The molecule has 0 unspecified atom stereocenters. The van der Waals surface area contributed by atoms with Gasteiger partial charge in [0.05, 0.1) is 5.69 Å². The first kappa shape index (κ1) is 19.5. The van der Waals surface area contributed by atoms with E-state index in [0.717, 1.165) is 28.5 Å². The van der Waals surface area contributed by atoms with Crippen LogP contribution in [0.15, 0.2) is 78.9 Å². The summed E-state index contributed by atoms with van der Waals surface area (Å²) < 4.78 is 0. The van der Waals surface area contributed by atoms with Crippen molar-refractivity contribution in [3.8, 4) is 0 Å². The second-order valence-electron chi connectivity index (χ2n) is 7.24. The highest BCUT2D eigenvalue weighted by Crippen LogP contribution is 2.28. The lowest BCUT2D eigenvalue weighted by molar-refractivity contribution is 0.0951. The van der Waals surface area contributed by atoms with Gasteiger partial charge in [-0.15, -0.1) is 0 Å². The summed E-state index contributed by atoms with van der Waals surface area (Å²) in [6.07, 6.45) is 0.734. The number of aromatic amines is 1. The molecule has 5 heteroatoms. The number of hydrogen-bond acceptors (Lipinski definition) is 2. The fourth-order valence-corrected chi connectivity index (χ4v) is 3.47. The second-order valence-corrected chi connectivity index (χ2v) is 7.24. The van der Waals surface area contributed by atoms with Gasteiger partial charge in [-0.2, -0.15) is 0 Å². The van der Waals surface area contributed by atoms with Gasteiger partial charge in [-0.25, -0.2) is 0 Å². The molecule has 4 aromatic rings. The topological polar surface area (TPSA) is 74.0 Å². The summed E-state index contributed by atoms with van der Waals surface area (Å²) >= 11 is 0. The van der Waals surface area contributed by atoms with Crippen molar-refractivity contribution in [3.05, 3.63) is 101 Å². The molecular formula is C25H23N3O2. The fourth-order valence-electron chi connectivity index (χ4n) is 3.47. The Kier molecular flexibility index (Phi) is 5.61. The number of carbonyl (C=O) groups excluding carboxylic acids is 2. The Balaban J connectivity index is 1.56.